The maximum absolute atomic E-state index is 12.1. The molecule has 4 heteroatoms. The number of aryl methyl sites for hydroxylation is 1. The summed E-state index contributed by atoms with van der Waals surface area (Å²) >= 11 is 0. The summed E-state index contributed by atoms with van der Waals surface area (Å²) < 4.78 is 5.85. The Balaban J connectivity index is 1.49. The molecule has 2 aromatic rings. The van der Waals surface area contributed by atoms with E-state index in [2.05, 4.69) is 35.8 Å². The van der Waals surface area contributed by atoms with Gasteiger partial charge in [-0.25, -0.2) is 0 Å². The van der Waals surface area contributed by atoms with Gasteiger partial charge in [-0.05, 0) is 56.5 Å². The molecule has 1 unspecified atom stereocenters. The highest BCUT2D eigenvalue weighted by Gasteiger charge is 2.15. The number of hydrogen-bond acceptors (Lipinski definition) is 3. The number of anilines is 1. The summed E-state index contributed by atoms with van der Waals surface area (Å²) in [6, 6.07) is 15.9. The van der Waals surface area contributed by atoms with Gasteiger partial charge < -0.3 is 15.4 Å². The first-order valence-electron chi connectivity index (χ1n) is 8.98. The minimum atomic E-state index is 0.0720. The van der Waals surface area contributed by atoms with Crippen molar-refractivity contribution in [1.82, 2.24) is 5.32 Å². The first kappa shape index (κ1) is 17.5. The molecule has 1 heterocycles. The van der Waals surface area contributed by atoms with Gasteiger partial charge >= 0.3 is 0 Å². The average Bonchev–Trinajstić information content (AvgIpc) is 3.12. The van der Waals surface area contributed by atoms with E-state index in [1.807, 2.05) is 30.3 Å². The zero-order valence-corrected chi connectivity index (χ0v) is 14.8. The van der Waals surface area contributed by atoms with Gasteiger partial charge in [0, 0.05) is 18.2 Å². The van der Waals surface area contributed by atoms with E-state index in [9.17, 15) is 4.79 Å². The Bertz CT molecular complexity index is 709. The molecule has 132 valence electrons. The lowest BCUT2D eigenvalue weighted by atomic mass is 10.0. The van der Waals surface area contributed by atoms with Gasteiger partial charge in [-0.1, -0.05) is 35.9 Å². The lowest BCUT2D eigenvalue weighted by molar-refractivity contribution is -0.116. The van der Waals surface area contributed by atoms with Crippen LogP contribution in [0, 0.1) is 12.8 Å². The summed E-state index contributed by atoms with van der Waals surface area (Å²) in [7, 11) is 0. The number of carbonyl (C=O) groups is 1. The second-order valence-electron chi connectivity index (χ2n) is 6.75. The Kier molecular flexibility index (Phi) is 6.07. The molecule has 0 radical (unpaired) electrons. The summed E-state index contributed by atoms with van der Waals surface area (Å²) in [4.78, 5) is 12.1. The molecular formula is C21H26N2O2. The van der Waals surface area contributed by atoms with Crippen molar-refractivity contribution >= 4 is 11.6 Å². The third kappa shape index (κ3) is 5.61. The Labute approximate surface area is 149 Å². The Morgan fingerprint density at radius 2 is 2.12 bits per heavy atom. The van der Waals surface area contributed by atoms with Gasteiger partial charge in [0.05, 0.1) is 0 Å². The van der Waals surface area contributed by atoms with Crippen LogP contribution >= 0.6 is 0 Å². The van der Waals surface area contributed by atoms with Crippen molar-refractivity contribution in [3.05, 3.63) is 59.7 Å². The number of amides is 1. The molecule has 0 aromatic heterocycles. The molecule has 1 aliphatic rings. The zero-order valence-electron chi connectivity index (χ0n) is 14.8. The highest BCUT2D eigenvalue weighted by atomic mass is 16.5. The van der Waals surface area contributed by atoms with Crippen LogP contribution in [0.2, 0.25) is 0 Å². The normalized spacial score (nSPS) is 16.6. The first-order chi connectivity index (χ1) is 12.2. The van der Waals surface area contributed by atoms with Crippen molar-refractivity contribution in [2.24, 2.45) is 5.92 Å². The fourth-order valence-corrected chi connectivity index (χ4v) is 3.15. The number of benzene rings is 2. The van der Waals surface area contributed by atoms with Gasteiger partial charge in [0.15, 0.2) is 0 Å². The van der Waals surface area contributed by atoms with Gasteiger partial charge in [-0.3, -0.25) is 4.79 Å². The van der Waals surface area contributed by atoms with Gasteiger partial charge in [0.1, 0.15) is 12.4 Å². The van der Waals surface area contributed by atoms with Crippen molar-refractivity contribution in [1.29, 1.82) is 0 Å². The molecule has 0 spiro atoms. The van der Waals surface area contributed by atoms with Crippen LogP contribution in [0.25, 0.3) is 0 Å². The van der Waals surface area contributed by atoms with Crippen LogP contribution in [0.15, 0.2) is 48.5 Å². The van der Waals surface area contributed by atoms with Crippen LogP contribution in [0.4, 0.5) is 5.69 Å². The fourth-order valence-electron chi connectivity index (χ4n) is 3.15. The lowest BCUT2D eigenvalue weighted by Crippen LogP contribution is -2.15. The molecule has 1 amide bonds. The molecule has 1 aliphatic heterocycles. The number of rotatable bonds is 7. The molecule has 0 aliphatic carbocycles. The van der Waals surface area contributed by atoms with E-state index in [0.29, 0.717) is 18.9 Å². The van der Waals surface area contributed by atoms with E-state index in [1.54, 1.807) is 0 Å². The minimum absolute atomic E-state index is 0.0720. The molecule has 4 nitrogen and oxygen atoms in total. The first-order valence-corrected chi connectivity index (χ1v) is 8.98. The third-order valence-electron chi connectivity index (χ3n) is 4.55. The van der Waals surface area contributed by atoms with Crippen molar-refractivity contribution in [3.63, 3.8) is 0 Å². The SMILES string of the molecule is Cc1cccc(COc2cccc(NC(=O)CCC3CCNC3)c2)c1. The predicted molar refractivity (Wildman–Crippen MR) is 101 cm³/mol. The average molecular weight is 338 g/mol. The molecule has 1 fully saturated rings. The Morgan fingerprint density at radius 1 is 1.24 bits per heavy atom. The van der Waals surface area contributed by atoms with E-state index >= 15 is 0 Å². The highest BCUT2D eigenvalue weighted by Crippen LogP contribution is 2.20. The Morgan fingerprint density at radius 3 is 2.92 bits per heavy atom. The summed E-state index contributed by atoms with van der Waals surface area (Å²) in [5.41, 5.74) is 3.15. The summed E-state index contributed by atoms with van der Waals surface area (Å²) in [5.74, 6) is 1.47. The summed E-state index contributed by atoms with van der Waals surface area (Å²) in [5, 5.41) is 6.31. The van der Waals surface area contributed by atoms with Gasteiger partial charge in [0.25, 0.3) is 0 Å². The van der Waals surface area contributed by atoms with Crippen LogP contribution in [0.5, 0.6) is 5.75 Å². The molecular weight excluding hydrogens is 312 g/mol. The number of nitrogens with one attached hydrogen (secondary N) is 2. The van der Waals surface area contributed by atoms with Gasteiger partial charge in [-0.15, -0.1) is 0 Å². The topological polar surface area (TPSA) is 50.4 Å². The molecule has 0 bridgehead atoms. The Hall–Kier alpha value is -2.33. The fraction of sp³-hybridized carbons (Fsp3) is 0.381. The standard InChI is InChI=1S/C21H26N2O2/c1-16-4-2-5-18(12-16)15-25-20-7-3-6-19(13-20)23-21(24)9-8-17-10-11-22-14-17/h2-7,12-13,17,22H,8-11,14-15H2,1H3,(H,23,24). The summed E-state index contributed by atoms with van der Waals surface area (Å²) in [6.45, 7) is 4.71. The van der Waals surface area contributed by atoms with E-state index in [1.165, 1.54) is 12.0 Å². The van der Waals surface area contributed by atoms with E-state index in [-0.39, 0.29) is 5.91 Å². The number of ether oxygens (including phenoxy) is 1. The van der Waals surface area contributed by atoms with E-state index < -0.39 is 0 Å². The second-order valence-corrected chi connectivity index (χ2v) is 6.75. The van der Waals surface area contributed by atoms with Crippen LogP contribution in [0.3, 0.4) is 0 Å². The molecule has 1 saturated heterocycles. The molecule has 2 N–H and O–H groups in total. The number of carbonyl (C=O) groups excluding carboxylic acids is 1. The predicted octanol–water partition coefficient (Wildman–Crippen LogP) is 3.90. The molecule has 3 rings (SSSR count). The summed E-state index contributed by atoms with van der Waals surface area (Å²) in [6.07, 6.45) is 2.69. The number of hydrogen-bond donors (Lipinski definition) is 2. The molecule has 0 saturated carbocycles. The molecule has 1 atom stereocenters. The second kappa shape index (κ2) is 8.67. The molecule has 2 aromatic carbocycles. The maximum Gasteiger partial charge on any atom is 0.224 e. The minimum Gasteiger partial charge on any atom is -0.489 e. The lowest BCUT2D eigenvalue weighted by Gasteiger charge is -2.11. The smallest absolute Gasteiger partial charge is 0.224 e. The van der Waals surface area contributed by atoms with Gasteiger partial charge in [-0.2, -0.15) is 0 Å². The third-order valence-corrected chi connectivity index (χ3v) is 4.55. The van der Waals surface area contributed by atoms with Crippen molar-refractivity contribution in [3.8, 4) is 5.75 Å². The maximum atomic E-state index is 12.1. The van der Waals surface area contributed by atoms with Crippen molar-refractivity contribution < 1.29 is 9.53 Å². The van der Waals surface area contributed by atoms with Crippen LogP contribution < -0.4 is 15.4 Å². The van der Waals surface area contributed by atoms with Crippen LogP contribution in [-0.2, 0) is 11.4 Å². The highest BCUT2D eigenvalue weighted by molar-refractivity contribution is 5.90. The quantitative estimate of drug-likeness (QED) is 0.805. The monoisotopic (exact) mass is 338 g/mol. The molecule has 25 heavy (non-hydrogen) atoms. The van der Waals surface area contributed by atoms with Gasteiger partial charge in [0.2, 0.25) is 5.91 Å². The van der Waals surface area contributed by atoms with Crippen molar-refractivity contribution in [2.45, 2.75) is 32.8 Å². The largest absolute Gasteiger partial charge is 0.489 e. The van der Waals surface area contributed by atoms with Crippen LogP contribution in [0.1, 0.15) is 30.4 Å². The van der Waals surface area contributed by atoms with Crippen molar-refractivity contribution in [2.75, 3.05) is 18.4 Å². The van der Waals surface area contributed by atoms with Crippen LogP contribution in [-0.4, -0.2) is 19.0 Å². The zero-order chi connectivity index (χ0) is 17.5. The van der Waals surface area contributed by atoms with E-state index in [4.69, 9.17) is 4.74 Å². The van der Waals surface area contributed by atoms with E-state index in [0.717, 1.165) is 36.5 Å².